The summed E-state index contributed by atoms with van der Waals surface area (Å²) in [6.45, 7) is 0. The lowest BCUT2D eigenvalue weighted by molar-refractivity contribution is 0.673. The molecule has 0 saturated carbocycles. The fourth-order valence-electron chi connectivity index (χ4n) is 6.04. The molecular formula is C40H28N2O. The predicted octanol–water partition coefficient (Wildman–Crippen LogP) is 11.7. The molecule has 8 aromatic rings. The maximum Gasteiger partial charge on any atom is 0.159 e. The number of hydrogen-bond donors (Lipinski definition) is 0. The highest BCUT2D eigenvalue weighted by Gasteiger charge is 2.20. The van der Waals surface area contributed by atoms with Gasteiger partial charge in [-0.15, -0.1) is 0 Å². The van der Waals surface area contributed by atoms with Crippen LogP contribution < -0.4 is 9.80 Å². The van der Waals surface area contributed by atoms with Gasteiger partial charge in [0.2, 0.25) is 0 Å². The van der Waals surface area contributed by atoms with Gasteiger partial charge in [0.15, 0.2) is 5.58 Å². The Morgan fingerprint density at radius 3 is 1.40 bits per heavy atom. The Bertz CT molecular complexity index is 2130. The van der Waals surface area contributed by atoms with Gasteiger partial charge >= 0.3 is 0 Å². The minimum Gasteiger partial charge on any atom is -0.453 e. The van der Waals surface area contributed by atoms with Crippen LogP contribution in [-0.4, -0.2) is 0 Å². The molecular weight excluding hydrogens is 524 g/mol. The topological polar surface area (TPSA) is 19.6 Å². The number of furan rings is 1. The second-order valence-corrected chi connectivity index (χ2v) is 10.6. The van der Waals surface area contributed by atoms with Gasteiger partial charge in [0.1, 0.15) is 5.58 Å². The summed E-state index contributed by atoms with van der Waals surface area (Å²) in [7, 11) is 0. The number of nitrogens with zero attached hydrogens (tertiary/aromatic N) is 2. The molecule has 0 atom stereocenters. The highest BCUT2D eigenvalue weighted by molar-refractivity contribution is 6.17. The van der Waals surface area contributed by atoms with E-state index in [0.717, 1.165) is 61.4 Å². The van der Waals surface area contributed by atoms with Gasteiger partial charge in [-0.2, -0.15) is 0 Å². The minimum atomic E-state index is 0.872. The largest absolute Gasteiger partial charge is 0.453 e. The lowest BCUT2D eigenvalue weighted by atomic mass is 10.1. The van der Waals surface area contributed by atoms with Gasteiger partial charge in [0.05, 0.1) is 5.69 Å². The SMILES string of the molecule is c1ccc(N(c2ccccc2)c2ccc(N(c3ccccc3)c3cccc4c3oc3c5ccccc5ccc43)cc2)cc1. The lowest BCUT2D eigenvalue weighted by Gasteiger charge is -2.28. The average molecular weight is 553 g/mol. The van der Waals surface area contributed by atoms with Crippen LogP contribution in [0.4, 0.5) is 34.1 Å². The Morgan fingerprint density at radius 2 is 0.767 bits per heavy atom. The van der Waals surface area contributed by atoms with Crippen LogP contribution in [0.15, 0.2) is 174 Å². The molecule has 0 aliphatic carbocycles. The Balaban J connectivity index is 1.29. The molecule has 7 aromatic carbocycles. The van der Waals surface area contributed by atoms with Gasteiger partial charge in [-0.25, -0.2) is 0 Å². The third kappa shape index (κ3) is 4.39. The Kier molecular flexibility index (Phi) is 6.12. The molecule has 204 valence electrons. The number of hydrogen-bond acceptors (Lipinski definition) is 3. The van der Waals surface area contributed by atoms with E-state index in [0.29, 0.717) is 0 Å². The Morgan fingerprint density at radius 1 is 0.302 bits per heavy atom. The molecule has 0 bridgehead atoms. The molecule has 43 heavy (non-hydrogen) atoms. The van der Waals surface area contributed by atoms with Crippen LogP contribution in [0.2, 0.25) is 0 Å². The first-order valence-corrected chi connectivity index (χ1v) is 14.5. The summed E-state index contributed by atoms with van der Waals surface area (Å²) in [5.74, 6) is 0. The Hall–Kier alpha value is -5.80. The molecule has 0 aliphatic heterocycles. The van der Waals surface area contributed by atoms with Gasteiger partial charge in [-0.3, -0.25) is 0 Å². The molecule has 0 N–H and O–H groups in total. The van der Waals surface area contributed by atoms with E-state index in [-0.39, 0.29) is 0 Å². The van der Waals surface area contributed by atoms with E-state index in [2.05, 4.69) is 180 Å². The number of rotatable bonds is 6. The van der Waals surface area contributed by atoms with Crippen molar-refractivity contribution in [1.29, 1.82) is 0 Å². The zero-order chi connectivity index (χ0) is 28.6. The average Bonchev–Trinajstić information content (AvgIpc) is 3.47. The molecule has 0 unspecified atom stereocenters. The second-order valence-electron chi connectivity index (χ2n) is 10.6. The van der Waals surface area contributed by atoms with Crippen molar-refractivity contribution >= 4 is 66.8 Å². The maximum absolute atomic E-state index is 6.75. The molecule has 0 spiro atoms. The zero-order valence-corrected chi connectivity index (χ0v) is 23.5. The number of benzene rings is 7. The van der Waals surface area contributed by atoms with E-state index in [1.54, 1.807) is 0 Å². The zero-order valence-electron chi connectivity index (χ0n) is 23.5. The quantitative estimate of drug-likeness (QED) is 0.205. The van der Waals surface area contributed by atoms with Crippen LogP contribution in [-0.2, 0) is 0 Å². The molecule has 0 amide bonds. The molecule has 8 rings (SSSR count). The summed E-state index contributed by atoms with van der Waals surface area (Å²) in [5, 5.41) is 4.53. The normalized spacial score (nSPS) is 11.3. The van der Waals surface area contributed by atoms with Gasteiger partial charge in [0.25, 0.3) is 0 Å². The van der Waals surface area contributed by atoms with Crippen molar-refractivity contribution in [3.05, 3.63) is 170 Å². The fourth-order valence-corrected chi connectivity index (χ4v) is 6.04. The van der Waals surface area contributed by atoms with E-state index in [4.69, 9.17) is 4.42 Å². The lowest BCUT2D eigenvalue weighted by Crippen LogP contribution is -2.12. The van der Waals surface area contributed by atoms with Crippen LogP contribution in [0.5, 0.6) is 0 Å². The predicted molar refractivity (Wildman–Crippen MR) is 181 cm³/mol. The summed E-state index contributed by atoms with van der Waals surface area (Å²) in [6.07, 6.45) is 0. The third-order valence-corrected chi connectivity index (χ3v) is 8.02. The van der Waals surface area contributed by atoms with Crippen molar-refractivity contribution in [3.8, 4) is 0 Å². The molecule has 3 nitrogen and oxygen atoms in total. The van der Waals surface area contributed by atoms with Gasteiger partial charge in [-0.1, -0.05) is 97.1 Å². The van der Waals surface area contributed by atoms with E-state index in [1.165, 1.54) is 5.39 Å². The van der Waals surface area contributed by atoms with Crippen molar-refractivity contribution in [3.63, 3.8) is 0 Å². The number of fused-ring (bicyclic) bond motifs is 5. The first kappa shape index (κ1) is 25.0. The molecule has 0 aliphatic rings. The first-order chi connectivity index (χ1) is 21.3. The monoisotopic (exact) mass is 552 g/mol. The summed E-state index contributed by atoms with van der Waals surface area (Å²) >= 11 is 0. The first-order valence-electron chi connectivity index (χ1n) is 14.5. The maximum atomic E-state index is 6.75. The second kappa shape index (κ2) is 10.6. The molecule has 3 heteroatoms. The molecule has 1 heterocycles. The van der Waals surface area contributed by atoms with Gasteiger partial charge in [0, 0.05) is 44.6 Å². The van der Waals surface area contributed by atoms with E-state index < -0.39 is 0 Å². The smallest absolute Gasteiger partial charge is 0.159 e. The summed E-state index contributed by atoms with van der Waals surface area (Å²) in [4.78, 5) is 4.56. The molecule has 0 radical (unpaired) electrons. The summed E-state index contributed by atoms with van der Waals surface area (Å²) in [5.41, 5.74) is 8.22. The van der Waals surface area contributed by atoms with Crippen molar-refractivity contribution in [2.24, 2.45) is 0 Å². The van der Waals surface area contributed by atoms with E-state index in [9.17, 15) is 0 Å². The minimum absolute atomic E-state index is 0.872. The van der Waals surface area contributed by atoms with Gasteiger partial charge < -0.3 is 14.2 Å². The van der Waals surface area contributed by atoms with Crippen LogP contribution in [0.25, 0.3) is 32.7 Å². The number of para-hydroxylation sites is 4. The highest BCUT2D eigenvalue weighted by Crippen LogP contribution is 2.44. The molecule has 1 aromatic heterocycles. The van der Waals surface area contributed by atoms with Crippen molar-refractivity contribution in [2.45, 2.75) is 0 Å². The van der Waals surface area contributed by atoms with E-state index in [1.807, 2.05) is 0 Å². The summed E-state index contributed by atoms with van der Waals surface area (Å²) < 4.78 is 6.75. The highest BCUT2D eigenvalue weighted by atomic mass is 16.3. The van der Waals surface area contributed by atoms with Crippen LogP contribution in [0.1, 0.15) is 0 Å². The van der Waals surface area contributed by atoms with Crippen molar-refractivity contribution in [2.75, 3.05) is 9.80 Å². The van der Waals surface area contributed by atoms with Crippen molar-refractivity contribution < 1.29 is 4.42 Å². The summed E-state index contributed by atoms with van der Waals surface area (Å²) in [6, 6.07) is 59.4. The fraction of sp³-hybridized carbons (Fsp3) is 0. The van der Waals surface area contributed by atoms with Crippen LogP contribution >= 0.6 is 0 Å². The van der Waals surface area contributed by atoms with Crippen molar-refractivity contribution in [1.82, 2.24) is 0 Å². The van der Waals surface area contributed by atoms with Crippen LogP contribution in [0.3, 0.4) is 0 Å². The standard InChI is InChI=1S/C40H28N2O/c1-4-14-30(15-5-1)41(31-16-6-2-7-17-31)33-24-26-34(27-25-33)42(32-18-8-3-9-19-32)38-22-12-21-36-37-28-23-29-13-10-11-20-35(29)39(37)43-40(36)38/h1-28H. The number of anilines is 6. The Labute approximate surface area is 250 Å². The van der Waals surface area contributed by atoms with Crippen LogP contribution in [0, 0.1) is 0 Å². The third-order valence-electron chi connectivity index (χ3n) is 8.02. The van der Waals surface area contributed by atoms with E-state index >= 15 is 0 Å². The van der Waals surface area contributed by atoms with Gasteiger partial charge in [-0.05, 0) is 78.2 Å². The molecule has 0 saturated heterocycles. The molecule has 0 fully saturated rings.